The highest BCUT2D eigenvalue weighted by Gasteiger charge is 2.34. The van der Waals surface area contributed by atoms with E-state index < -0.39 is 5.92 Å². The van der Waals surface area contributed by atoms with E-state index in [0.29, 0.717) is 50.4 Å². The van der Waals surface area contributed by atoms with Gasteiger partial charge in [0.25, 0.3) is 5.91 Å². The number of hydrogen-bond donors (Lipinski definition) is 1. The van der Waals surface area contributed by atoms with Crippen molar-refractivity contribution in [2.45, 2.75) is 111 Å². The van der Waals surface area contributed by atoms with Crippen molar-refractivity contribution in [1.82, 2.24) is 15.2 Å². The minimum Gasteiger partial charge on any atom is -0.469 e. The summed E-state index contributed by atoms with van der Waals surface area (Å²) >= 11 is 1.42. The monoisotopic (exact) mass is 613 g/mol. The van der Waals surface area contributed by atoms with Crippen LogP contribution in [0, 0.1) is 11.8 Å². The predicted molar refractivity (Wildman–Crippen MR) is 171 cm³/mol. The average molecular weight is 614 g/mol. The molecule has 0 bridgehead atoms. The molecule has 0 spiro atoms. The predicted octanol–water partition coefficient (Wildman–Crippen LogP) is 6.70. The average Bonchev–Trinajstić information content (AvgIpc) is 3.49. The Morgan fingerprint density at radius 2 is 1.86 bits per heavy atom. The Balaban J connectivity index is 1.78. The summed E-state index contributed by atoms with van der Waals surface area (Å²) in [5.74, 6) is -0.200. The number of benzene rings is 1. The molecule has 0 saturated heterocycles. The van der Waals surface area contributed by atoms with Crippen LogP contribution in [0.5, 0.6) is 0 Å². The molecule has 43 heavy (non-hydrogen) atoms. The molecule has 1 unspecified atom stereocenters. The number of carbonyl (C=O) groups excluding carboxylic acids is 3. The third kappa shape index (κ3) is 9.35. The fraction of sp³-hybridized carbons (Fsp3) is 0.647. The summed E-state index contributed by atoms with van der Waals surface area (Å²) in [4.78, 5) is 46.2. The molecule has 8 nitrogen and oxygen atoms in total. The number of nitrogens with one attached hydrogen (secondary N) is 1. The number of methoxy groups -OCH3 is 1. The summed E-state index contributed by atoms with van der Waals surface area (Å²) in [6.07, 6.45) is 4.69. The van der Waals surface area contributed by atoms with E-state index in [0.717, 1.165) is 35.4 Å². The van der Waals surface area contributed by atoms with Gasteiger partial charge in [0.1, 0.15) is 16.8 Å². The van der Waals surface area contributed by atoms with Crippen LogP contribution in [0.15, 0.2) is 29.6 Å². The SMILES string of the molecule is CCCO[C@H](CC(C(C)C)N(CCC)C(=O)C[C@@H](C)CC)c1nc(C(=O)N[C@H]2Cc3ccccc3[C@H](C(=O)OC)C2)cs1. The summed E-state index contributed by atoms with van der Waals surface area (Å²) in [7, 11) is 1.40. The molecule has 0 radical (unpaired) electrons. The maximum Gasteiger partial charge on any atom is 0.313 e. The first-order valence-electron chi connectivity index (χ1n) is 16.0. The van der Waals surface area contributed by atoms with Crippen LogP contribution >= 0.6 is 11.3 Å². The van der Waals surface area contributed by atoms with Crippen molar-refractivity contribution in [3.8, 4) is 0 Å². The van der Waals surface area contributed by atoms with Crippen LogP contribution < -0.4 is 5.32 Å². The van der Waals surface area contributed by atoms with Crippen molar-refractivity contribution in [3.05, 3.63) is 51.5 Å². The Morgan fingerprint density at radius 1 is 1.12 bits per heavy atom. The number of rotatable bonds is 16. The molecule has 0 fully saturated rings. The maximum atomic E-state index is 13.4. The van der Waals surface area contributed by atoms with Gasteiger partial charge in [-0.1, -0.05) is 72.2 Å². The van der Waals surface area contributed by atoms with Crippen LogP contribution in [0.1, 0.15) is 119 Å². The second-order valence-corrected chi connectivity index (χ2v) is 13.1. The Bertz CT molecular complexity index is 1200. The van der Waals surface area contributed by atoms with Crippen molar-refractivity contribution >= 4 is 29.1 Å². The zero-order chi connectivity index (χ0) is 31.5. The van der Waals surface area contributed by atoms with E-state index in [1.54, 1.807) is 5.38 Å². The smallest absolute Gasteiger partial charge is 0.313 e. The number of nitrogens with zero attached hydrogens (tertiary/aromatic N) is 2. The third-order valence-electron chi connectivity index (χ3n) is 8.42. The number of esters is 1. The number of carbonyl (C=O) groups is 3. The highest BCUT2D eigenvalue weighted by Crippen LogP contribution is 2.34. The molecular formula is C34H51N3O5S. The van der Waals surface area contributed by atoms with Gasteiger partial charge in [-0.15, -0.1) is 11.3 Å². The van der Waals surface area contributed by atoms with E-state index in [-0.39, 0.29) is 41.9 Å². The third-order valence-corrected chi connectivity index (χ3v) is 9.36. The fourth-order valence-electron chi connectivity index (χ4n) is 5.85. The van der Waals surface area contributed by atoms with Crippen LogP contribution in [-0.2, 0) is 25.5 Å². The lowest BCUT2D eigenvalue weighted by Gasteiger charge is -2.37. The molecule has 2 amide bonds. The Morgan fingerprint density at radius 3 is 2.51 bits per heavy atom. The van der Waals surface area contributed by atoms with Gasteiger partial charge in [0.15, 0.2) is 0 Å². The molecule has 2 aromatic rings. The largest absolute Gasteiger partial charge is 0.469 e. The van der Waals surface area contributed by atoms with E-state index in [9.17, 15) is 14.4 Å². The minimum atomic E-state index is -0.417. The first kappa shape index (κ1) is 34.7. The topological polar surface area (TPSA) is 97.8 Å². The van der Waals surface area contributed by atoms with Crippen LogP contribution in [-0.4, -0.2) is 60.0 Å². The van der Waals surface area contributed by atoms with Crippen molar-refractivity contribution in [2.24, 2.45) is 11.8 Å². The van der Waals surface area contributed by atoms with Gasteiger partial charge < -0.3 is 19.7 Å². The molecule has 1 aliphatic carbocycles. The van der Waals surface area contributed by atoms with Gasteiger partial charge in [0.05, 0.1) is 13.0 Å². The normalized spacial score (nSPS) is 18.4. The molecule has 1 aliphatic rings. The Kier molecular flexibility index (Phi) is 13.6. The number of ether oxygens (including phenoxy) is 2. The van der Waals surface area contributed by atoms with E-state index in [1.807, 2.05) is 24.3 Å². The lowest BCUT2D eigenvalue weighted by molar-refractivity contribution is -0.143. The van der Waals surface area contributed by atoms with Gasteiger partial charge in [-0.2, -0.15) is 0 Å². The molecule has 0 aliphatic heterocycles. The van der Waals surface area contributed by atoms with Crippen LogP contribution in [0.4, 0.5) is 0 Å². The lowest BCUT2D eigenvalue weighted by Crippen LogP contribution is -2.45. The highest BCUT2D eigenvalue weighted by molar-refractivity contribution is 7.09. The molecular weight excluding hydrogens is 562 g/mol. The van der Waals surface area contributed by atoms with Crippen LogP contribution in [0.3, 0.4) is 0 Å². The summed E-state index contributed by atoms with van der Waals surface area (Å²) < 4.78 is 11.4. The molecule has 0 saturated carbocycles. The highest BCUT2D eigenvalue weighted by atomic mass is 32.1. The molecule has 238 valence electrons. The summed E-state index contributed by atoms with van der Waals surface area (Å²) in [6, 6.07) is 7.62. The summed E-state index contributed by atoms with van der Waals surface area (Å²) in [5.41, 5.74) is 2.35. The standard InChI is InChI=1S/C34H51N3O5S/c1-8-15-37(31(38)17-23(6)10-3)29(22(4)5)20-30(42-16-9-2)33-36-28(21-43-33)32(39)35-25-18-24-13-11-12-14-26(24)27(19-25)34(40)41-7/h11-14,21-23,25,27,29-30H,8-10,15-20H2,1-7H3,(H,35,39)/t23-,25-,27+,29?,30+/m0/s1. The first-order valence-corrected chi connectivity index (χ1v) is 16.8. The lowest BCUT2D eigenvalue weighted by atomic mass is 9.80. The molecule has 1 aromatic carbocycles. The number of aromatic nitrogens is 1. The van der Waals surface area contributed by atoms with Crippen LogP contribution in [0.2, 0.25) is 0 Å². The van der Waals surface area contributed by atoms with Gasteiger partial charge >= 0.3 is 5.97 Å². The van der Waals surface area contributed by atoms with E-state index in [4.69, 9.17) is 14.5 Å². The number of fused-ring (bicyclic) bond motifs is 1. The van der Waals surface area contributed by atoms with E-state index in [2.05, 4.69) is 51.8 Å². The second kappa shape index (κ2) is 16.9. The van der Waals surface area contributed by atoms with Gasteiger partial charge in [-0.3, -0.25) is 14.4 Å². The van der Waals surface area contributed by atoms with Gasteiger partial charge in [0, 0.05) is 43.5 Å². The van der Waals surface area contributed by atoms with Gasteiger partial charge in [-0.25, -0.2) is 4.98 Å². The zero-order valence-electron chi connectivity index (χ0n) is 27.1. The summed E-state index contributed by atoms with van der Waals surface area (Å²) in [6.45, 7) is 14.0. The fourth-order valence-corrected chi connectivity index (χ4v) is 6.71. The number of hydrogen-bond acceptors (Lipinski definition) is 7. The van der Waals surface area contributed by atoms with Crippen molar-refractivity contribution in [3.63, 3.8) is 0 Å². The zero-order valence-corrected chi connectivity index (χ0v) is 27.9. The Labute approximate surface area is 261 Å². The van der Waals surface area contributed by atoms with Crippen molar-refractivity contribution < 1.29 is 23.9 Å². The van der Waals surface area contributed by atoms with Crippen molar-refractivity contribution in [1.29, 1.82) is 0 Å². The van der Waals surface area contributed by atoms with E-state index >= 15 is 0 Å². The van der Waals surface area contributed by atoms with Gasteiger partial charge in [-0.05, 0) is 48.6 Å². The summed E-state index contributed by atoms with van der Waals surface area (Å²) in [5, 5.41) is 5.65. The molecule has 5 atom stereocenters. The Hall–Kier alpha value is -2.78. The van der Waals surface area contributed by atoms with Crippen molar-refractivity contribution in [2.75, 3.05) is 20.3 Å². The maximum absolute atomic E-state index is 13.4. The quantitative estimate of drug-likeness (QED) is 0.212. The first-order chi connectivity index (χ1) is 20.6. The van der Waals surface area contributed by atoms with E-state index in [1.165, 1.54) is 18.4 Å². The molecule has 9 heteroatoms. The second-order valence-electron chi connectivity index (χ2n) is 12.2. The van der Waals surface area contributed by atoms with Crippen LogP contribution in [0.25, 0.3) is 0 Å². The number of amides is 2. The minimum absolute atomic E-state index is 0.00268. The molecule has 1 heterocycles. The molecule has 1 N–H and O–H groups in total. The molecule has 1 aromatic heterocycles. The number of thiazole rings is 1. The molecule has 3 rings (SSSR count). The van der Waals surface area contributed by atoms with Gasteiger partial charge in [0.2, 0.25) is 5.91 Å².